The zero-order valence-electron chi connectivity index (χ0n) is 9.05. The lowest BCUT2D eigenvalue weighted by atomic mass is 10.0. The van der Waals surface area contributed by atoms with E-state index in [1.165, 1.54) is 6.92 Å². The van der Waals surface area contributed by atoms with E-state index in [0.29, 0.717) is 0 Å². The van der Waals surface area contributed by atoms with Crippen molar-refractivity contribution in [2.24, 2.45) is 0 Å². The number of aliphatic carboxylic acids is 1. The van der Waals surface area contributed by atoms with Gasteiger partial charge in [-0.05, 0) is 27.2 Å². The van der Waals surface area contributed by atoms with E-state index >= 15 is 0 Å². The fourth-order valence-electron chi connectivity index (χ4n) is 0.745. The van der Waals surface area contributed by atoms with Crippen molar-refractivity contribution in [2.45, 2.75) is 39.7 Å². The normalized spacial score (nSPS) is 12.4. The average molecular weight is 199 g/mol. The maximum absolute atomic E-state index is 11.4. The van der Waals surface area contributed by atoms with Crippen LogP contribution in [0.3, 0.4) is 0 Å². The Balaban J connectivity index is 4.43. The summed E-state index contributed by atoms with van der Waals surface area (Å²) in [6.45, 7) is 7.21. The second-order valence-corrected chi connectivity index (χ2v) is 3.86. The van der Waals surface area contributed by atoms with Crippen LogP contribution in [0.15, 0.2) is 11.6 Å². The molecule has 0 unspecified atom stereocenters. The molecule has 4 heteroatoms. The van der Waals surface area contributed by atoms with Gasteiger partial charge in [0.05, 0.1) is 0 Å². The van der Waals surface area contributed by atoms with Gasteiger partial charge in [-0.2, -0.15) is 0 Å². The van der Waals surface area contributed by atoms with Gasteiger partial charge in [-0.1, -0.05) is 6.92 Å². The molecule has 4 nitrogen and oxygen atoms in total. The highest BCUT2D eigenvalue weighted by atomic mass is 16.4. The van der Waals surface area contributed by atoms with Gasteiger partial charge in [-0.3, -0.25) is 4.79 Å². The highest BCUT2D eigenvalue weighted by Crippen LogP contribution is 2.08. The number of rotatable bonds is 4. The number of hydrogen-bond acceptors (Lipinski definition) is 2. The van der Waals surface area contributed by atoms with Gasteiger partial charge in [0.2, 0.25) is 5.91 Å². The van der Waals surface area contributed by atoms with Crippen LogP contribution in [0.2, 0.25) is 0 Å². The van der Waals surface area contributed by atoms with E-state index in [1.807, 2.05) is 20.8 Å². The van der Waals surface area contributed by atoms with E-state index in [-0.39, 0.29) is 17.0 Å². The molecule has 0 radical (unpaired) electrons. The molecule has 1 amide bonds. The van der Waals surface area contributed by atoms with Gasteiger partial charge in [0.15, 0.2) is 0 Å². The third kappa shape index (κ3) is 4.64. The van der Waals surface area contributed by atoms with Crippen molar-refractivity contribution < 1.29 is 14.7 Å². The molecular formula is C10H17NO3. The first-order valence-electron chi connectivity index (χ1n) is 4.52. The lowest BCUT2D eigenvalue weighted by molar-refractivity contribution is -0.132. The van der Waals surface area contributed by atoms with E-state index in [4.69, 9.17) is 5.11 Å². The summed E-state index contributed by atoms with van der Waals surface area (Å²) in [6.07, 6.45) is 1.69. The fraction of sp³-hybridized carbons (Fsp3) is 0.600. The maximum Gasteiger partial charge on any atom is 0.328 e. The van der Waals surface area contributed by atoms with Crippen molar-refractivity contribution in [3.05, 3.63) is 11.6 Å². The van der Waals surface area contributed by atoms with E-state index in [1.54, 1.807) is 0 Å². The van der Waals surface area contributed by atoms with Crippen LogP contribution in [0.1, 0.15) is 34.1 Å². The Labute approximate surface area is 84.0 Å². The van der Waals surface area contributed by atoms with Crippen LogP contribution in [0.5, 0.6) is 0 Å². The zero-order chi connectivity index (χ0) is 11.4. The highest BCUT2D eigenvalue weighted by molar-refractivity contribution is 5.98. The lowest BCUT2D eigenvalue weighted by Gasteiger charge is -2.24. The fourth-order valence-corrected chi connectivity index (χ4v) is 0.745. The lowest BCUT2D eigenvalue weighted by Crippen LogP contribution is -2.43. The number of carboxylic acids is 1. The SMILES string of the molecule is CCC(C)(C)NC(=O)/C(C)=C\C(=O)O. The summed E-state index contributed by atoms with van der Waals surface area (Å²) < 4.78 is 0. The van der Waals surface area contributed by atoms with Crippen molar-refractivity contribution >= 4 is 11.9 Å². The summed E-state index contributed by atoms with van der Waals surface area (Å²) >= 11 is 0. The summed E-state index contributed by atoms with van der Waals surface area (Å²) in [5.41, 5.74) is -0.0935. The molecule has 2 N–H and O–H groups in total. The van der Waals surface area contributed by atoms with Gasteiger partial charge < -0.3 is 10.4 Å². The Hall–Kier alpha value is -1.32. The monoisotopic (exact) mass is 199 g/mol. The number of hydrogen-bond donors (Lipinski definition) is 2. The Bertz CT molecular complexity index is 267. The van der Waals surface area contributed by atoms with Crippen molar-refractivity contribution in [2.75, 3.05) is 0 Å². The van der Waals surface area contributed by atoms with Crippen molar-refractivity contribution in [1.29, 1.82) is 0 Å². The molecule has 0 saturated carbocycles. The van der Waals surface area contributed by atoms with E-state index < -0.39 is 5.97 Å². The molecule has 0 spiro atoms. The summed E-state index contributed by atoms with van der Waals surface area (Å²) in [5, 5.41) is 11.2. The minimum absolute atomic E-state index is 0.207. The number of carboxylic acid groups (broad SMARTS) is 1. The van der Waals surface area contributed by atoms with E-state index in [9.17, 15) is 9.59 Å². The van der Waals surface area contributed by atoms with Gasteiger partial charge >= 0.3 is 5.97 Å². The first-order valence-corrected chi connectivity index (χ1v) is 4.52. The zero-order valence-corrected chi connectivity index (χ0v) is 9.05. The first kappa shape index (κ1) is 12.7. The van der Waals surface area contributed by atoms with Gasteiger partial charge in [0.1, 0.15) is 0 Å². The summed E-state index contributed by atoms with van der Waals surface area (Å²) in [6, 6.07) is 0. The second kappa shape index (κ2) is 4.79. The van der Waals surface area contributed by atoms with Crippen molar-refractivity contribution in [3.63, 3.8) is 0 Å². The third-order valence-electron chi connectivity index (χ3n) is 2.03. The largest absolute Gasteiger partial charge is 0.478 e. The van der Waals surface area contributed by atoms with Crippen LogP contribution in [0, 0.1) is 0 Å². The molecule has 0 heterocycles. The van der Waals surface area contributed by atoms with Gasteiger partial charge in [-0.25, -0.2) is 4.79 Å². The quantitative estimate of drug-likeness (QED) is 0.671. The molecule has 0 aromatic heterocycles. The van der Waals surface area contributed by atoms with Gasteiger partial charge in [0.25, 0.3) is 0 Å². The van der Waals surface area contributed by atoms with Crippen molar-refractivity contribution in [1.82, 2.24) is 5.32 Å². The molecule has 0 fully saturated rings. The smallest absolute Gasteiger partial charge is 0.328 e. The molecule has 0 aliphatic heterocycles. The predicted molar refractivity (Wildman–Crippen MR) is 53.9 cm³/mol. The number of carbonyl (C=O) groups is 2. The predicted octanol–water partition coefficient (Wildman–Crippen LogP) is 1.32. The van der Waals surface area contributed by atoms with Crippen LogP contribution >= 0.6 is 0 Å². The highest BCUT2D eigenvalue weighted by Gasteiger charge is 2.18. The van der Waals surface area contributed by atoms with Crippen LogP contribution in [0.4, 0.5) is 0 Å². The topological polar surface area (TPSA) is 66.4 Å². The summed E-state index contributed by atoms with van der Waals surface area (Å²) in [4.78, 5) is 21.7. The molecule has 0 bridgehead atoms. The van der Waals surface area contributed by atoms with Gasteiger partial charge in [-0.15, -0.1) is 0 Å². The molecular weight excluding hydrogens is 182 g/mol. The second-order valence-electron chi connectivity index (χ2n) is 3.86. The number of nitrogens with one attached hydrogen (secondary N) is 1. The Kier molecular flexibility index (Phi) is 4.34. The Morgan fingerprint density at radius 3 is 2.29 bits per heavy atom. The van der Waals surface area contributed by atoms with Crippen LogP contribution in [0.25, 0.3) is 0 Å². The number of carbonyl (C=O) groups excluding carboxylic acids is 1. The molecule has 80 valence electrons. The molecule has 14 heavy (non-hydrogen) atoms. The molecule has 0 aromatic rings. The maximum atomic E-state index is 11.4. The molecule has 0 aliphatic carbocycles. The minimum atomic E-state index is -1.10. The average Bonchev–Trinajstić information content (AvgIpc) is 2.02. The van der Waals surface area contributed by atoms with Crippen LogP contribution in [-0.2, 0) is 9.59 Å². The summed E-state index contributed by atoms with van der Waals surface area (Å²) in [5.74, 6) is -1.44. The molecule has 0 aliphatic rings. The Morgan fingerprint density at radius 1 is 1.43 bits per heavy atom. The molecule has 0 atom stereocenters. The van der Waals surface area contributed by atoms with Crippen LogP contribution < -0.4 is 5.32 Å². The molecule has 0 rings (SSSR count). The molecule has 0 aromatic carbocycles. The van der Waals surface area contributed by atoms with Crippen LogP contribution in [-0.4, -0.2) is 22.5 Å². The molecule has 0 saturated heterocycles. The standard InChI is InChI=1S/C10H17NO3/c1-5-10(3,4)11-9(14)7(2)6-8(12)13/h6H,5H2,1-4H3,(H,11,14)(H,12,13)/b7-6-. The summed E-state index contributed by atoms with van der Waals surface area (Å²) in [7, 11) is 0. The van der Waals surface area contributed by atoms with Crippen molar-refractivity contribution in [3.8, 4) is 0 Å². The minimum Gasteiger partial charge on any atom is -0.478 e. The first-order chi connectivity index (χ1) is 6.28. The van der Waals surface area contributed by atoms with E-state index in [2.05, 4.69) is 5.32 Å². The van der Waals surface area contributed by atoms with Gasteiger partial charge in [0, 0.05) is 17.2 Å². The third-order valence-corrected chi connectivity index (χ3v) is 2.03. The Morgan fingerprint density at radius 2 is 1.93 bits per heavy atom. The number of amides is 1. The van der Waals surface area contributed by atoms with E-state index in [0.717, 1.165) is 12.5 Å².